The normalized spacial score (nSPS) is 10.8. The van der Waals surface area contributed by atoms with Crippen LogP contribution in [-0.2, 0) is 0 Å². The number of rotatable bonds is 10. The molecule has 0 aliphatic heterocycles. The number of ether oxygens (including phenoxy) is 3. The quantitative estimate of drug-likeness (QED) is 0.269. The largest absolute Gasteiger partial charge is 0.497 e. The van der Waals surface area contributed by atoms with E-state index in [2.05, 4.69) is 20.5 Å². The second-order valence-corrected chi connectivity index (χ2v) is 6.56. The number of nitrogens with zero attached hydrogens (tertiary/aromatic N) is 3. The van der Waals surface area contributed by atoms with Crippen LogP contribution in [-0.4, -0.2) is 41.4 Å². The lowest BCUT2D eigenvalue weighted by Gasteiger charge is -2.11. The summed E-state index contributed by atoms with van der Waals surface area (Å²) in [6, 6.07) is 11.2. The zero-order valence-corrected chi connectivity index (χ0v) is 18.3. The van der Waals surface area contributed by atoms with Crippen molar-refractivity contribution < 1.29 is 19.1 Å². The molecule has 0 fully saturated rings. The standard InChI is InChI=1S/C22H23N5O6/c1-4-32-19-12-20(33-5-2)18(27(29)30)10-15(19)13-23-26-22-24-17(11-21(28)25-22)14-6-8-16(31-3)9-7-14/h6-13H,4-5H2,1-3H3,(H2,24,25,26,28)/b23-13-. The Balaban J connectivity index is 1.88. The Kier molecular flexibility index (Phi) is 7.58. The second-order valence-electron chi connectivity index (χ2n) is 6.56. The molecule has 0 saturated heterocycles. The van der Waals surface area contributed by atoms with E-state index >= 15 is 0 Å². The first-order chi connectivity index (χ1) is 15.9. The summed E-state index contributed by atoms with van der Waals surface area (Å²) in [6.45, 7) is 4.14. The first-order valence-electron chi connectivity index (χ1n) is 10.1. The van der Waals surface area contributed by atoms with Gasteiger partial charge in [-0.05, 0) is 38.1 Å². The van der Waals surface area contributed by atoms with Crippen LogP contribution in [0, 0.1) is 10.1 Å². The Morgan fingerprint density at radius 1 is 1.12 bits per heavy atom. The van der Waals surface area contributed by atoms with Crippen molar-refractivity contribution in [3.05, 3.63) is 68.5 Å². The van der Waals surface area contributed by atoms with E-state index in [0.29, 0.717) is 29.4 Å². The van der Waals surface area contributed by atoms with Gasteiger partial charge in [-0.25, -0.2) is 10.4 Å². The van der Waals surface area contributed by atoms with Gasteiger partial charge in [0.1, 0.15) is 11.5 Å². The molecule has 3 aromatic rings. The Bertz CT molecular complexity index is 1210. The highest BCUT2D eigenvalue weighted by atomic mass is 16.6. The van der Waals surface area contributed by atoms with Crippen molar-refractivity contribution in [3.8, 4) is 28.5 Å². The smallest absolute Gasteiger partial charge is 0.311 e. The van der Waals surface area contributed by atoms with Gasteiger partial charge in [-0.3, -0.25) is 19.9 Å². The van der Waals surface area contributed by atoms with Crippen molar-refractivity contribution >= 4 is 17.9 Å². The van der Waals surface area contributed by atoms with E-state index in [1.54, 1.807) is 45.2 Å². The van der Waals surface area contributed by atoms with E-state index in [9.17, 15) is 14.9 Å². The van der Waals surface area contributed by atoms with Crippen molar-refractivity contribution in [2.75, 3.05) is 25.7 Å². The lowest BCUT2D eigenvalue weighted by atomic mass is 10.1. The van der Waals surface area contributed by atoms with Crippen LogP contribution in [0.3, 0.4) is 0 Å². The van der Waals surface area contributed by atoms with Crippen molar-refractivity contribution in [1.29, 1.82) is 0 Å². The number of nitro benzene ring substituents is 1. The van der Waals surface area contributed by atoms with Crippen LogP contribution in [0.5, 0.6) is 17.2 Å². The van der Waals surface area contributed by atoms with Crippen LogP contribution in [0.1, 0.15) is 19.4 Å². The third kappa shape index (κ3) is 5.85. The molecule has 0 bridgehead atoms. The predicted molar refractivity (Wildman–Crippen MR) is 123 cm³/mol. The summed E-state index contributed by atoms with van der Waals surface area (Å²) in [7, 11) is 1.57. The molecule has 1 aromatic heterocycles. The van der Waals surface area contributed by atoms with Crippen molar-refractivity contribution in [2.45, 2.75) is 13.8 Å². The van der Waals surface area contributed by atoms with Gasteiger partial charge in [0, 0.05) is 29.3 Å². The Labute approximate surface area is 189 Å². The van der Waals surface area contributed by atoms with Crippen molar-refractivity contribution in [3.63, 3.8) is 0 Å². The van der Waals surface area contributed by atoms with Gasteiger partial charge in [0.25, 0.3) is 5.56 Å². The summed E-state index contributed by atoms with van der Waals surface area (Å²) in [5, 5.41) is 15.5. The van der Waals surface area contributed by atoms with Gasteiger partial charge in [-0.2, -0.15) is 5.10 Å². The molecule has 0 spiro atoms. The van der Waals surface area contributed by atoms with E-state index in [4.69, 9.17) is 14.2 Å². The molecule has 0 aliphatic carbocycles. The number of hydrazone groups is 1. The maximum atomic E-state index is 12.1. The van der Waals surface area contributed by atoms with E-state index in [-0.39, 0.29) is 29.6 Å². The first-order valence-corrected chi connectivity index (χ1v) is 10.1. The third-order valence-corrected chi connectivity index (χ3v) is 4.39. The Hall–Kier alpha value is -4.41. The number of hydrogen-bond donors (Lipinski definition) is 2. The average Bonchev–Trinajstić information content (AvgIpc) is 2.80. The summed E-state index contributed by atoms with van der Waals surface area (Å²) in [5.41, 5.74) is 3.57. The molecule has 0 saturated carbocycles. The van der Waals surface area contributed by atoms with Crippen LogP contribution in [0.25, 0.3) is 11.3 Å². The highest BCUT2D eigenvalue weighted by Crippen LogP contribution is 2.34. The molecular formula is C22H23N5O6. The summed E-state index contributed by atoms with van der Waals surface area (Å²) < 4.78 is 16.1. The van der Waals surface area contributed by atoms with Gasteiger partial charge in [-0.1, -0.05) is 0 Å². The van der Waals surface area contributed by atoms with Crippen LogP contribution in [0.15, 0.2) is 52.4 Å². The van der Waals surface area contributed by atoms with Gasteiger partial charge >= 0.3 is 5.69 Å². The van der Waals surface area contributed by atoms with E-state index in [0.717, 1.165) is 5.56 Å². The van der Waals surface area contributed by atoms with Gasteiger partial charge < -0.3 is 14.2 Å². The van der Waals surface area contributed by atoms with E-state index in [1.165, 1.54) is 24.4 Å². The molecule has 1 heterocycles. The molecule has 0 radical (unpaired) electrons. The summed E-state index contributed by atoms with van der Waals surface area (Å²) >= 11 is 0. The molecule has 11 heteroatoms. The summed E-state index contributed by atoms with van der Waals surface area (Å²) in [5.74, 6) is 1.25. The van der Waals surface area contributed by atoms with Gasteiger partial charge in [0.15, 0.2) is 0 Å². The number of H-pyrrole nitrogens is 1. The highest BCUT2D eigenvalue weighted by Gasteiger charge is 2.19. The van der Waals surface area contributed by atoms with Gasteiger partial charge in [-0.15, -0.1) is 0 Å². The molecule has 2 N–H and O–H groups in total. The molecule has 33 heavy (non-hydrogen) atoms. The second kappa shape index (κ2) is 10.8. The number of nitro groups is 1. The number of nitrogens with one attached hydrogen (secondary N) is 2. The summed E-state index contributed by atoms with van der Waals surface area (Å²) in [4.78, 5) is 29.9. The predicted octanol–water partition coefficient (Wildman–Crippen LogP) is 3.60. The van der Waals surface area contributed by atoms with Crippen molar-refractivity contribution in [2.24, 2.45) is 5.10 Å². The van der Waals surface area contributed by atoms with E-state index < -0.39 is 4.92 Å². The van der Waals surface area contributed by atoms with E-state index in [1.807, 2.05) is 0 Å². The molecule has 0 unspecified atom stereocenters. The molecule has 0 aliphatic rings. The topological polar surface area (TPSA) is 141 Å². The first kappa shape index (κ1) is 23.3. The van der Waals surface area contributed by atoms with Crippen LogP contribution >= 0.6 is 0 Å². The molecule has 2 aromatic carbocycles. The lowest BCUT2D eigenvalue weighted by molar-refractivity contribution is -0.385. The fraction of sp³-hybridized carbons (Fsp3) is 0.227. The molecule has 11 nitrogen and oxygen atoms in total. The van der Waals surface area contributed by atoms with Crippen LogP contribution in [0.4, 0.5) is 11.6 Å². The molecule has 0 amide bonds. The lowest BCUT2D eigenvalue weighted by Crippen LogP contribution is -2.10. The van der Waals surface area contributed by atoms with Gasteiger partial charge in [0.2, 0.25) is 11.7 Å². The molecular weight excluding hydrogens is 430 g/mol. The Morgan fingerprint density at radius 2 is 1.82 bits per heavy atom. The van der Waals surface area contributed by atoms with Gasteiger partial charge in [0.05, 0.1) is 37.2 Å². The number of anilines is 1. The zero-order chi connectivity index (χ0) is 23.8. The minimum atomic E-state index is -0.539. The van der Waals surface area contributed by atoms with Crippen molar-refractivity contribution in [1.82, 2.24) is 9.97 Å². The molecule has 3 rings (SSSR count). The zero-order valence-electron chi connectivity index (χ0n) is 18.3. The minimum absolute atomic E-state index is 0.1000. The summed E-state index contributed by atoms with van der Waals surface area (Å²) in [6.07, 6.45) is 1.34. The third-order valence-electron chi connectivity index (χ3n) is 4.39. The Morgan fingerprint density at radius 3 is 2.45 bits per heavy atom. The fourth-order valence-electron chi connectivity index (χ4n) is 2.94. The number of benzene rings is 2. The number of methoxy groups -OCH3 is 1. The minimum Gasteiger partial charge on any atom is -0.497 e. The van der Waals surface area contributed by atoms with Crippen LogP contribution < -0.4 is 25.2 Å². The SMILES string of the molecule is CCOc1cc(OCC)c([N+](=O)[O-])cc1/C=N\Nc1nc(-c2ccc(OC)cc2)cc(=O)[nH]1. The monoisotopic (exact) mass is 453 g/mol. The number of hydrogen-bond acceptors (Lipinski definition) is 9. The molecule has 172 valence electrons. The average molecular weight is 453 g/mol. The maximum Gasteiger partial charge on any atom is 0.311 e. The fourth-order valence-corrected chi connectivity index (χ4v) is 2.94. The number of aromatic amines is 1. The highest BCUT2D eigenvalue weighted by molar-refractivity contribution is 5.86. The van der Waals surface area contributed by atoms with Crippen LogP contribution in [0.2, 0.25) is 0 Å². The maximum absolute atomic E-state index is 12.1. The number of aromatic nitrogens is 2. The molecule has 0 atom stereocenters.